The number of aliphatic imine (C=N–C) groups is 1. The Balaban J connectivity index is 0.00000225. The van der Waals surface area contributed by atoms with Crippen molar-refractivity contribution in [3.8, 4) is 0 Å². The Hall–Kier alpha value is -1.28. The van der Waals surface area contributed by atoms with E-state index in [0.717, 1.165) is 64.7 Å². The maximum atomic E-state index is 5.36. The first kappa shape index (κ1) is 20.0. The number of nitrogens with zero attached hydrogens (tertiary/aromatic N) is 3. The lowest BCUT2D eigenvalue weighted by atomic mass is 10.1. The lowest BCUT2D eigenvalue weighted by Gasteiger charge is -2.37. The van der Waals surface area contributed by atoms with E-state index < -0.39 is 0 Å². The zero-order valence-corrected chi connectivity index (χ0v) is 17.3. The number of rotatable bonds is 4. The molecular weight excluding hydrogens is 427 g/mol. The van der Waals surface area contributed by atoms with E-state index in [2.05, 4.69) is 56.5 Å². The smallest absolute Gasteiger partial charge is 0.193 e. The quantitative estimate of drug-likeness (QED) is 0.328. The molecule has 6 heteroatoms. The molecule has 0 radical (unpaired) electrons. The van der Waals surface area contributed by atoms with Gasteiger partial charge >= 0.3 is 0 Å². The van der Waals surface area contributed by atoms with E-state index in [4.69, 9.17) is 4.74 Å². The summed E-state index contributed by atoms with van der Waals surface area (Å²) in [6, 6.07) is 10.6. The van der Waals surface area contributed by atoms with E-state index in [1.807, 2.05) is 7.05 Å². The maximum Gasteiger partial charge on any atom is 0.193 e. The van der Waals surface area contributed by atoms with Crippen molar-refractivity contribution in [3.05, 3.63) is 42.0 Å². The van der Waals surface area contributed by atoms with E-state index in [-0.39, 0.29) is 24.0 Å². The molecule has 1 aromatic carbocycles. The highest BCUT2D eigenvalue weighted by Gasteiger charge is 2.19. The van der Waals surface area contributed by atoms with Gasteiger partial charge in [0, 0.05) is 45.5 Å². The summed E-state index contributed by atoms with van der Waals surface area (Å²) in [5.74, 6) is 1.02. The van der Waals surface area contributed by atoms with Crippen molar-refractivity contribution in [1.29, 1.82) is 0 Å². The minimum Gasteiger partial charge on any atom is -0.377 e. The maximum absolute atomic E-state index is 5.36. The first-order chi connectivity index (χ1) is 11.9. The van der Waals surface area contributed by atoms with Gasteiger partial charge in [-0.05, 0) is 25.0 Å². The average Bonchev–Trinajstić information content (AvgIpc) is 2.67. The van der Waals surface area contributed by atoms with Gasteiger partial charge in [-0.1, -0.05) is 29.8 Å². The molecule has 0 bridgehead atoms. The second-order valence-electron chi connectivity index (χ2n) is 6.22. The SMILES string of the molecule is CN=C(NCCC1=CCOCC1)N1CCN(c2ccccc2)CC1.I. The van der Waals surface area contributed by atoms with Gasteiger partial charge < -0.3 is 19.9 Å². The molecular formula is C19H29IN4O. The second-order valence-corrected chi connectivity index (χ2v) is 6.22. The molecule has 1 fully saturated rings. The van der Waals surface area contributed by atoms with Crippen LogP contribution in [0.3, 0.4) is 0 Å². The molecule has 1 aromatic rings. The zero-order valence-electron chi connectivity index (χ0n) is 15.0. The molecule has 2 heterocycles. The third kappa shape index (κ3) is 5.88. The molecule has 0 aliphatic carbocycles. The van der Waals surface area contributed by atoms with Gasteiger partial charge in [0.25, 0.3) is 0 Å². The third-order valence-electron chi connectivity index (χ3n) is 4.70. The van der Waals surface area contributed by atoms with Crippen LogP contribution < -0.4 is 10.2 Å². The van der Waals surface area contributed by atoms with Crippen molar-refractivity contribution in [2.45, 2.75) is 12.8 Å². The molecule has 0 unspecified atom stereocenters. The van der Waals surface area contributed by atoms with Crippen LogP contribution in [-0.2, 0) is 4.74 Å². The molecule has 2 aliphatic rings. The van der Waals surface area contributed by atoms with Crippen LogP contribution in [0.5, 0.6) is 0 Å². The van der Waals surface area contributed by atoms with Gasteiger partial charge in [0.15, 0.2) is 5.96 Å². The lowest BCUT2D eigenvalue weighted by Crippen LogP contribution is -2.52. The number of anilines is 1. The Labute approximate surface area is 168 Å². The number of benzene rings is 1. The van der Waals surface area contributed by atoms with Crippen LogP contribution in [0.15, 0.2) is 47.0 Å². The number of piperazine rings is 1. The van der Waals surface area contributed by atoms with E-state index in [9.17, 15) is 0 Å². The van der Waals surface area contributed by atoms with Gasteiger partial charge in [-0.15, -0.1) is 24.0 Å². The van der Waals surface area contributed by atoms with Gasteiger partial charge in [-0.25, -0.2) is 0 Å². The van der Waals surface area contributed by atoms with Crippen molar-refractivity contribution < 1.29 is 4.74 Å². The third-order valence-corrected chi connectivity index (χ3v) is 4.70. The summed E-state index contributed by atoms with van der Waals surface area (Å²) in [5.41, 5.74) is 2.81. The summed E-state index contributed by atoms with van der Waals surface area (Å²) in [7, 11) is 1.87. The number of halogens is 1. The fourth-order valence-electron chi connectivity index (χ4n) is 3.27. The Kier molecular flexibility index (Phi) is 8.54. The largest absolute Gasteiger partial charge is 0.377 e. The van der Waals surface area contributed by atoms with Crippen LogP contribution in [0.1, 0.15) is 12.8 Å². The highest BCUT2D eigenvalue weighted by Crippen LogP contribution is 2.15. The van der Waals surface area contributed by atoms with Crippen molar-refractivity contribution in [1.82, 2.24) is 10.2 Å². The van der Waals surface area contributed by atoms with Crippen LogP contribution in [0.2, 0.25) is 0 Å². The summed E-state index contributed by atoms with van der Waals surface area (Å²) in [6.45, 7) is 6.65. The van der Waals surface area contributed by atoms with Gasteiger partial charge in [-0.2, -0.15) is 0 Å². The highest BCUT2D eigenvalue weighted by atomic mass is 127. The van der Waals surface area contributed by atoms with Gasteiger partial charge in [0.05, 0.1) is 13.2 Å². The van der Waals surface area contributed by atoms with Crippen LogP contribution in [0.25, 0.3) is 0 Å². The molecule has 5 nitrogen and oxygen atoms in total. The lowest BCUT2D eigenvalue weighted by molar-refractivity contribution is 0.153. The average molecular weight is 456 g/mol. The van der Waals surface area contributed by atoms with Crippen molar-refractivity contribution >= 4 is 35.6 Å². The topological polar surface area (TPSA) is 40.1 Å². The van der Waals surface area contributed by atoms with E-state index in [0.29, 0.717) is 0 Å². The molecule has 2 aliphatic heterocycles. The monoisotopic (exact) mass is 456 g/mol. The molecule has 1 N–H and O–H groups in total. The normalized spacial score (nSPS) is 18.4. The van der Waals surface area contributed by atoms with Crippen LogP contribution >= 0.6 is 24.0 Å². The van der Waals surface area contributed by atoms with E-state index in [1.165, 1.54) is 11.3 Å². The van der Waals surface area contributed by atoms with Crippen LogP contribution in [-0.4, -0.2) is 63.8 Å². The number of hydrogen-bond acceptors (Lipinski definition) is 3. The molecule has 1 saturated heterocycles. The Bertz CT molecular complexity index is 568. The molecule has 25 heavy (non-hydrogen) atoms. The number of nitrogens with one attached hydrogen (secondary N) is 1. The zero-order chi connectivity index (χ0) is 16.6. The first-order valence-electron chi connectivity index (χ1n) is 8.88. The molecule has 0 saturated carbocycles. The fourth-order valence-corrected chi connectivity index (χ4v) is 3.27. The molecule has 138 valence electrons. The summed E-state index contributed by atoms with van der Waals surface area (Å²) in [6.07, 6.45) is 4.36. The molecule has 3 rings (SSSR count). The van der Waals surface area contributed by atoms with Gasteiger partial charge in [-0.3, -0.25) is 4.99 Å². The van der Waals surface area contributed by atoms with E-state index in [1.54, 1.807) is 0 Å². The number of ether oxygens (including phenoxy) is 1. The summed E-state index contributed by atoms with van der Waals surface area (Å²) >= 11 is 0. The Morgan fingerprint density at radius 3 is 2.56 bits per heavy atom. The van der Waals surface area contributed by atoms with Crippen LogP contribution in [0, 0.1) is 0 Å². The molecule has 0 spiro atoms. The predicted octanol–water partition coefficient (Wildman–Crippen LogP) is 2.74. The number of hydrogen-bond donors (Lipinski definition) is 1. The van der Waals surface area contributed by atoms with Gasteiger partial charge in [0.1, 0.15) is 0 Å². The van der Waals surface area contributed by atoms with Crippen molar-refractivity contribution in [2.75, 3.05) is 57.9 Å². The second kappa shape index (κ2) is 10.7. The van der Waals surface area contributed by atoms with E-state index >= 15 is 0 Å². The first-order valence-corrected chi connectivity index (χ1v) is 8.88. The Morgan fingerprint density at radius 2 is 1.92 bits per heavy atom. The fraction of sp³-hybridized carbons (Fsp3) is 0.526. The highest BCUT2D eigenvalue weighted by molar-refractivity contribution is 14.0. The molecule has 0 amide bonds. The number of guanidine groups is 1. The molecule has 0 aromatic heterocycles. The summed E-state index contributed by atoms with van der Waals surface area (Å²) in [4.78, 5) is 9.26. The van der Waals surface area contributed by atoms with Crippen molar-refractivity contribution in [2.24, 2.45) is 4.99 Å². The van der Waals surface area contributed by atoms with Gasteiger partial charge in [0.2, 0.25) is 0 Å². The van der Waals surface area contributed by atoms with Crippen LogP contribution in [0.4, 0.5) is 5.69 Å². The standard InChI is InChI=1S/C19H28N4O.HI/c1-20-19(21-10-7-17-8-15-24-16-9-17)23-13-11-22(12-14-23)18-5-3-2-4-6-18;/h2-6,8H,7,9-16H2,1H3,(H,20,21);1H. The molecule has 0 atom stereocenters. The predicted molar refractivity (Wildman–Crippen MR) is 115 cm³/mol. The van der Waals surface area contributed by atoms with Crippen molar-refractivity contribution in [3.63, 3.8) is 0 Å². The Morgan fingerprint density at radius 1 is 1.16 bits per heavy atom. The summed E-state index contributed by atoms with van der Waals surface area (Å²) in [5, 5.41) is 3.52. The summed E-state index contributed by atoms with van der Waals surface area (Å²) < 4.78 is 5.36. The minimum absolute atomic E-state index is 0. The number of para-hydroxylation sites is 1. The minimum atomic E-state index is 0.